The number of ether oxygens (including phenoxy) is 1. The molecule has 8 heteroatoms. The summed E-state index contributed by atoms with van der Waals surface area (Å²) in [4.78, 5) is 43.2. The van der Waals surface area contributed by atoms with Crippen LogP contribution in [0.3, 0.4) is 0 Å². The second-order valence-corrected chi connectivity index (χ2v) is 11.0. The van der Waals surface area contributed by atoms with Crippen molar-refractivity contribution >= 4 is 34.2 Å². The van der Waals surface area contributed by atoms with Gasteiger partial charge < -0.3 is 25.4 Å². The van der Waals surface area contributed by atoms with Crippen molar-refractivity contribution in [2.24, 2.45) is 11.8 Å². The predicted octanol–water partition coefficient (Wildman–Crippen LogP) is 3.62. The lowest BCUT2D eigenvalue weighted by atomic mass is 9.65. The molecule has 0 aromatic heterocycles. The van der Waals surface area contributed by atoms with Gasteiger partial charge in [-0.1, -0.05) is 44.2 Å². The van der Waals surface area contributed by atoms with Crippen molar-refractivity contribution in [2.75, 3.05) is 25.0 Å². The summed E-state index contributed by atoms with van der Waals surface area (Å²) in [5, 5.41) is 17.4. The Kier molecular flexibility index (Phi) is 7.47. The highest BCUT2D eigenvalue weighted by Gasteiger charge is 2.78. The lowest BCUT2D eigenvalue weighted by Gasteiger charge is -2.34. The number of benzene rings is 2. The Morgan fingerprint density at radius 3 is 2.58 bits per heavy atom. The lowest BCUT2D eigenvalue weighted by molar-refractivity contribution is -0.146. The average Bonchev–Trinajstić information content (AvgIpc) is 3.53. The quantitative estimate of drug-likeness (QED) is 0.392. The molecule has 3 saturated heterocycles. The van der Waals surface area contributed by atoms with Gasteiger partial charge in [0.25, 0.3) is 0 Å². The fourth-order valence-electron chi connectivity index (χ4n) is 7.06. The summed E-state index contributed by atoms with van der Waals surface area (Å²) in [5.41, 5.74) is -1.10. The Hall–Kier alpha value is -2.97. The zero-order valence-corrected chi connectivity index (χ0v) is 22.4. The van der Waals surface area contributed by atoms with Crippen LogP contribution >= 0.6 is 0 Å². The molecule has 5 atom stereocenters. The summed E-state index contributed by atoms with van der Waals surface area (Å²) < 4.78 is 6.78. The fourth-order valence-corrected chi connectivity index (χ4v) is 7.06. The maximum absolute atomic E-state index is 14.1. The van der Waals surface area contributed by atoms with E-state index in [0.717, 1.165) is 23.6 Å². The minimum Gasteiger partial charge on any atom is -0.396 e. The average molecular weight is 522 g/mol. The van der Waals surface area contributed by atoms with Crippen LogP contribution in [0.5, 0.6) is 0 Å². The van der Waals surface area contributed by atoms with Gasteiger partial charge in [0.2, 0.25) is 17.7 Å². The number of hydrogen-bond donors (Lipinski definition) is 3. The van der Waals surface area contributed by atoms with E-state index in [4.69, 9.17) is 4.74 Å². The van der Waals surface area contributed by atoms with E-state index in [0.29, 0.717) is 50.9 Å². The van der Waals surface area contributed by atoms with Crippen molar-refractivity contribution < 1.29 is 24.2 Å². The molecule has 0 saturated carbocycles. The minimum atomic E-state index is -1.03. The summed E-state index contributed by atoms with van der Waals surface area (Å²) in [6.07, 6.45) is 4.68. The van der Waals surface area contributed by atoms with E-state index in [9.17, 15) is 19.5 Å². The van der Waals surface area contributed by atoms with Crippen LogP contribution in [0.25, 0.3) is 10.8 Å². The second-order valence-electron chi connectivity index (χ2n) is 11.0. The molecule has 0 aliphatic carbocycles. The van der Waals surface area contributed by atoms with Gasteiger partial charge in [-0.15, -0.1) is 0 Å². The molecule has 3 fully saturated rings. The van der Waals surface area contributed by atoms with E-state index >= 15 is 0 Å². The van der Waals surface area contributed by atoms with Crippen molar-refractivity contribution in [3.05, 3.63) is 42.5 Å². The van der Waals surface area contributed by atoms with E-state index in [1.165, 1.54) is 0 Å². The van der Waals surface area contributed by atoms with Crippen LogP contribution < -0.4 is 10.6 Å². The first-order chi connectivity index (χ1) is 18.4. The molecule has 204 valence electrons. The zero-order valence-electron chi connectivity index (χ0n) is 22.4. The predicted molar refractivity (Wildman–Crippen MR) is 145 cm³/mol. The number of nitrogens with one attached hydrogen (secondary N) is 2. The normalized spacial score (nSPS) is 29.6. The van der Waals surface area contributed by atoms with Gasteiger partial charge in [-0.05, 0) is 67.9 Å². The smallest absolute Gasteiger partial charge is 0.250 e. The number of carbonyl (C=O) groups excluding carboxylic acids is 3. The number of nitrogens with zero attached hydrogens (tertiary/aromatic N) is 1. The Bertz CT molecular complexity index is 1220. The zero-order chi connectivity index (χ0) is 26.9. The molecule has 8 nitrogen and oxygen atoms in total. The van der Waals surface area contributed by atoms with Crippen LogP contribution in [0, 0.1) is 11.8 Å². The van der Waals surface area contributed by atoms with Gasteiger partial charge in [0, 0.05) is 25.4 Å². The standard InChI is InChI=1S/C30H39N3O5/c1-3-16-31-26(35)23-24-28(37)33(17-8-5-9-18-34)25(30(24)15-14-29(23,4-2)38-30)27(36)32-22-13-12-20-10-6-7-11-21(20)19-22/h6-7,10-13,19,23-25,34H,3-5,8-9,14-18H2,1-2H3,(H,31,35)(H,32,36)/t23-,24+,25?,29+,30?/m1/s1. The first kappa shape index (κ1) is 26.6. The monoisotopic (exact) mass is 521 g/mol. The summed E-state index contributed by atoms with van der Waals surface area (Å²) in [6, 6.07) is 12.9. The molecule has 3 heterocycles. The van der Waals surface area contributed by atoms with Crippen LogP contribution in [-0.2, 0) is 19.1 Å². The number of likely N-dealkylation sites (tertiary alicyclic amines) is 1. The summed E-state index contributed by atoms with van der Waals surface area (Å²) >= 11 is 0. The molecule has 1 spiro atoms. The Labute approximate surface area is 224 Å². The molecule has 38 heavy (non-hydrogen) atoms. The van der Waals surface area contributed by atoms with E-state index in [1.54, 1.807) is 4.90 Å². The molecule has 2 aromatic rings. The van der Waals surface area contributed by atoms with Crippen molar-refractivity contribution in [1.29, 1.82) is 0 Å². The number of hydrogen-bond acceptors (Lipinski definition) is 5. The van der Waals surface area contributed by atoms with E-state index in [2.05, 4.69) is 10.6 Å². The number of aliphatic hydroxyl groups is 1. The van der Waals surface area contributed by atoms with Gasteiger partial charge in [-0.3, -0.25) is 14.4 Å². The second kappa shape index (κ2) is 10.7. The SMILES string of the molecule is CCCNC(=O)[C@H]1[C@H]2C(=O)N(CCCCCO)C(C(=O)Nc3ccc4ccccc4c3)C23CC[C@]1(CC)O3. The fraction of sp³-hybridized carbons (Fsp3) is 0.567. The number of unbranched alkanes of at least 4 members (excludes halogenated alkanes) is 2. The Balaban J connectivity index is 1.49. The highest BCUT2D eigenvalue weighted by Crippen LogP contribution is 2.64. The van der Waals surface area contributed by atoms with E-state index in [1.807, 2.05) is 56.3 Å². The molecule has 3 aliphatic rings. The Morgan fingerprint density at radius 2 is 1.84 bits per heavy atom. The third-order valence-corrected chi connectivity index (χ3v) is 8.84. The molecule has 3 N–H and O–H groups in total. The molecular weight excluding hydrogens is 482 g/mol. The molecule has 0 radical (unpaired) electrons. The third-order valence-electron chi connectivity index (χ3n) is 8.84. The van der Waals surface area contributed by atoms with Crippen LogP contribution in [0.1, 0.15) is 58.8 Å². The molecule has 2 unspecified atom stereocenters. The molecule has 5 rings (SSSR count). The van der Waals surface area contributed by atoms with Gasteiger partial charge in [-0.25, -0.2) is 0 Å². The van der Waals surface area contributed by atoms with Crippen molar-refractivity contribution in [2.45, 2.75) is 76.0 Å². The summed E-state index contributed by atoms with van der Waals surface area (Å²) in [6.45, 7) is 5.02. The van der Waals surface area contributed by atoms with Gasteiger partial charge in [0.1, 0.15) is 11.6 Å². The van der Waals surface area contributed by atoms with Gasteiger partial charge in [0.05, 0.1) is 17.4 Å². The van der Waals surface area contributed by atoms with Crippen LogP contribution in [-0.4, -0.2) is 64.7 Å². The van der Waals surface area contributed by atoms with Gasteiger partial charge in [-0.2, -0.15) is 0 Å². The number of aliphatic hydroxyl groups excluding tert-OH is 1. The molecule has 3 amide bonds. The largest absolute Gasteiger partial charge is 0.396 e. The minimum absolute atomic E-state index is 0.0915. The molecule has 3 aliphatic heterocycles. The highest BCUT2D eigenvalue weighted by molar-refractivity contribution is 6.04. The number of carbonyl (C=O) groups is 3. The maximum Gasteiger partial charge on any atom is 0.250 e. The Morgan fingerprint density at radius 1 is 1.05 bits per heavy atom. The molecule has 2 bridgehead atoms. The summed E-state index contributed by atoms with van der Waals surface area (Å²) in [7, 11) is 0. The topological polar surface area (TPSA) is 108 Å². The third kappa shape index (κ3) is 4.28. The van der Waals surface area contributed by atoms with Crippen LogP contribution in [0.4, 0.5) is 5.69 Å². The van der Waals surface area contributed by atoms with Gasteiger partial charge >= 0.3 is 0 Å². The number of amides is 3. The van der Waals surface area contributed by atoms with E-state index in [-0.39, 0.29) is 24.3 Å². The van der Waals surface area contributed by atoms with Crippen LogP contribution in [0.2, 0.25) is 0 Å². The molecular formula is C30H39N3O5. The maximum atomic E-state index is 14.1. The number of fused-ring (bicyclic) bond motifs is 2. The lowest BCUT2D eigenvalue weighted by Crippen LogP contribution is -2.53. The first-order valence-electron chi connectivity index (χ1n) is 14.1. The molecule has 2 aromatic carbocycles. The van der Waals surface area contributed by atoms with Gasteiger partial charge in [0.15, 0.2) is 0 Å². The number of rotatable bonds is 11. The number of anilines is 1. The van der Waals surface area contributed by atoms with Crippen molar-refractivity contribution in [1.82, 2.24) is 10.2 Å². The van der Waals surface area contributed by atoms with Crippen LogP contribution in [0.15, 0.2) is 42.5 Å². The summed E-state index contributed by atoms with van der Waals surface area (Å²) in [5.74, 6) is -1.89. The van der Waals surface area contributed by atoms with Crippen molar-refractivity contribution in [3.8, 4) is 0 Å². The van der Waals surface area contributed by atoms with E-state index < -0.39 is 29.1 Å². The highest BCUT2D eigenvalue weighted by atomic mass is 16.5. The first-order valence-corrected chi connectivity index (χ1v) is 14.1. The van der Waals surface area contributed by atoms with Crippen molar-refractivity contribution in [3.63, 3.8) is 0 Å².